The maximum atomic E-state index is 12.2. The van der Waals surface area contributed by atoms with Gasteiger partial charge in [0.2, 0.25) is 0 Å². The van der Waals surface area contributed by atoms with Crippen molar-refractivity contribution in [2.45, 2.75) is 6.42 Å². The standard InChI is InChI=1S/C16H13ClN2O2/c1-21-15-6-5-13(10-14(15)17)19-16(20)12-4-2-3-11(9-12)7-8-18/h2-6,9-10H,7H2,1H3,(H,19,20). The van der Waals surface area contributed by atoms with Gasteiger partial charge < -0.3 is 10.1 Å². The largest absolute Gasteiger partial charge is 0.495 e. The molecule has 2 rings (SSSR count). The van der Waals surface area contributed by atoms with Crippen molar-refractivity contribution in [1.82, 2.24) is 0 Å². The van der Waals surface area contributed by atoms with Crippen LogP contribution in [0.2, 0.25) is 5.02 Å². The van der Waals surface area contributed by atoms with Crippen molar-refractivity contribution >= 4 is 23.2 Å². The van der Waals surface area contributed by atoms with Gasteiger partial charge in [-0.05, 0) is 35.9 Å². The molecule has 2 aromatic rings. The molecular formula is C16H13ClN2O2. The molecule has 2 aromatic carbocycles. The fourth-order valence-corrected chi connectivity index (χ4v) is 2.12. The molecule has 0 heterocycles. The average molecular weight is 301 g/mol. The molecule has 0 aliphatic carbocycles. The Morgan fingerprint density at radius 3 is 2.81 bits per heavy atom. The predicted octanol–water partition coefficient (Wildman–Crippen LogP) is 3.67. The summed E-state index contributed by atoms with van der Waals surface area (Å²) >= 11 is 6.01. The Labute approximate surface area is 127 Å². The molecule has 0 spiro atoms. The molecule has 0 saturated carbocycles. The minimum Gasteiger partial charge on any atom is -0.495 e. The number of benzene rings is 2. The predicted molar refractivity (Wildman–Crippen MR) is 81.7 cm³/mol. The summed E-state index contributed by atoms with van der Waals surface area (Å²) < 4.78 is 5.06. The minimum atomic E-state index is -0.254. The molecule has 5 heteroatoms. The highest BCUT2D eigenvalue weighted by atomic mass is 35.5. The second-order valence-corrected chi connectivity index (χ2v) is 4.75. The number of halogens is 1. The molecule has 0 radical (unpaired) electrons. The van der Waals surface area contributed by atoms with Gasteiger partial charge in [0.1, 0.15) is 5.75 Å². The molecule has 0 atom stereocenters. The van der Waals surface area contributed by atoms with Crippen LogP contribution in [-0.4, -0.2) is 13.0 Å². The van der Waals surface area contributed by atoms with Crippen LogP contribution in [0.5, 0.6) is 5.75 Å². The Morgan fingerprint density at radius 2 is 2.14 bits per heavy atom. The molecule has 21 heavy (non-hydrogen) atoms. The van der Waals surface area contributed by atoms with E-state index in [0.29, 0.717) is 22.0 Å². The van der Waals surface area contributed by atoms with Gasteiger partial charge in [-0.3, -0.25) is 4.79 Å². The Balaban J connectivity index is 2.16. The number of nitrogens with zero attached hydrogens (tertiary/aromatic N) is 1. The molecule has 0 bridgehead atoms. The maximum Gasteiger partial charge on any atom is 0.255 e. The number of methoxy groups -OCH3 is 1. The number of amides is 1. The van der Waals surface area contributed by atoms with E-state index in [1.54, 1.807) is 36.4 Å². The zero-order valence-corrected chi connectivity index (χ0v) is 12.1. The minimum absolute atomic E-state index is 0.254. The topological polar surface area (TPSA) is 62.1 Å². The number of nitrogens with one attached hydrogen (secondary N) is 1. The van der Waals surface area contributed by atoms with Crippen LogP contribution in [-0.2, 0) is 6.42 Å². The molecular weight excluding hydrogens is 288 g/mol. The number of anilines is 1. The van der Waals surface area contributed by atoms with Crippen molar-refractivity contribution in [2.75, 3.05) is 12.4 Å². The van der Waals surface area contributed by atoms with Gasteiger partial charge in [-0.15, -0.1) is 0 Å². The highest BCUT2D eigenvalue weighted by Crippen LogP contribution is 2.27. The van der Waals surface area contributed by atoms with E-state index in [9.17, 15) is 4.79 Å². The van der Waals surface area contributed by atoms with Crippen molar-refractivity contribution < 1.29 is 9.53 Å². The third-order valence-corrected chi connectivity index (χ3v) is 3.18. The van der Waals surface area contributed by atoms with E-state index >= 15 is 0 Å². The Morgan fingerprint density at radius 1 is 1.33 bits per heavy atom. The van der Waals surface area contributed by atoms with Gasteiger partial charge in [-0.2, -0.15) is 5.26 Å². The van der Waals surface area contributed by atoms with E-state index in [2.05, 4.69) is 11.4 Å². The number of ether oxygens (including phenoxy) is 1. The summed E-state index contributed by atoms with van der Waals surface area (Å²) in [7, 11) is 1.53. The zero-order chi connectivity index (χ0) is 15.2. The van der Waals surface area contributed by atoms with Crippen molar-refractivity contribution in [3.05, 3.63) is 58.6 Å². The first kappa shape index (κ1) is 14.9. The number of carbonyl (C=O) groups is 1. The van der Waals surface area contributed by atoms with Crippen LogP contribution in [0.15, 0.2) is 42.5 Å². The highest BCUT2D eigenvalue weighted by Gasteiger charge is 2.08. The lowest BCUT2D eigenvalue weighted by molar-refractivity contribution is 0.102. The fourth-order valence-electron chi connectivity index (χ4n) is 1.86. The third-order valence-electron chi connectivity index (χ3n) is 2.88. The number of hydrogen-bond acceptors (Lipinski definition) is 3. The van der Waals surface area contributed by atoms with Crippen molar-refractivity contribution in [3.8, 4) is 11.8 Å². The summed E-state index contributed by atoms with van der Waals surface area (Å²) in [4.78, 5) is 12.2. The SMILES string of the molecule is COc1ccc(NC(=O)c2cccc(CC#N)c2)cc1Cl. The molecule has 0 aliphatic rings. The monoisotopic (exact) mass is 300 g/mol. The zero-order valence-electron chi connectivity index (χ0n) is 11.4. The van der Waals surface area contributed by atoms with Crippen LogP contribution in [0.1, 0.15) is 15.9 Å². The van der Waals surface area contributed by atoms with Crippen LogP contribution in [0, 0.1) is 11.3 Å². The smallest absolute Gasteiger partial charge is 0.255 e. The van der Waals surface area contributed by atoms with E-state index < -0.39 is 0 Å². The van der Waals surface area contributed by atoms with Gasteiger partial charge >= 0.3 is 0 Å². The fraction of sp³-hybridized carbons (Fsp3) is 0.125. The lowest BCUT2D eigenvalue weighted by Crippen LogP contribution is -2.12. The summed E-state index contributed by atoms with van der Waals surface area (Å²) in [6.07, 6.45) is 0.273. The summed E-state index contributed by atoms with van der Waals surface area (Å²) in [5.41, 5.74) is 1.88. The summed E-state index contributed by atoms with van der Waals surface area (Å²) in [6, 6.07) is 14.0. The number of rotatable bonds is 4. The molecule has 0 saturated heterocycles. The van der Waals surface area contributed by atoms with Crippen molar-refractivity contribution in [1.29, 1.82) is 5.26 Å². The second kappa shape index (κ2) is 6.78. The quantitative estimate of drug-likeness (QED) is 0.937. The molecule has 4 nitrogen and oxygen atoms in total. The molecule has 0 aromatic heterocycles. The van der Waals surface area contributed by atoms with Gasteiger partial charge in [0.05, 0.1) is 24.6 Å². The first-order valence-electron chi connectivity index (χ1n) is 6.25. The molecule has 106 valence electrons. The van der Waals surface area contributed by atoms with Gasteiger partial charge in [-0.25, -0.2) is 0 Å². The van der Waals surface area contributed by atoms with Gasteiger partial charge in [0.25, 0.3) is 5.91 Å². The van der Waals surface area contributed by atoms with E-state index in [1.165, 1.54) is 7.11 Å². The van der Waals surface area contributed by atoms with Crippen LogP contribution in [0.3, 0.4) is 0 Å². The summed E-state index contributed by atoms with van der Waals surface area (Å²) in [5.74, 6) is 0.293. The van der Waals surface area contributed by atoms with Crippen LogP contribution in [0.4, 0.5) is 5.69 Å². The first-order chi connectivity index (χ1) is 10.1. The molecule has 0 aliphatic heterocycles. The lowest BCUT2D eigenvalue weighted by Gasteiger charge is -2.08. The second-order valence-electron chi connectivity index (χ2n) is 4.34. The summed E-state index contributed by atoms with van der Waals surface area (Å²) in [6.45, 7) is 0. The van der Waals surface area contributed by atoms with E-state index in [1.807, 2.05) is 6.07 Å². The van der Waals surface area contributed by atoms with E-state index in [0.717, 1.165) is 5.56 Å². The van der Waals surface area contributed by atoms with Gasteiger partial charge in [0.15, 0.2) is 0 Å². The van der Waals surface area contributed by atoms with Crippen LogP contribution in [0.25, 0.3) is 0 Å². The van der Waals surface area contributed by atoms with Crippen LogP contribution < -0.4 is 10.1 Å². The molecule has 1 N–H and O–H groups in total. The van der Waals surface area contributed by atoms with E-state index in [4.69, 9.17) is 21.6 Å². The lowest BCUT2D eigenvalue weighted by atomic mass is 10.1. The third kappa shape index (κ3) is 3.74. The Hall–Kier alpha value is -2.51. The molecule has 0 unspecified atom stereocenters. The van der Waals surface area contributed by atoms with Gasteiger partial charge in [-0.1, -0.05) is 23.7 Å². The number of carbonyl (C=O) groups excluding carboxylic acids is 1. The van der Waals surface area contributed by atoms with Gasteiger partial charge in [0, 0.05) is 11.3 Å². The Bertz CT molecular complexity index is 708. The van der Waals surface area contributed by atoms with Crippen LogP contribution >= 0.6 is 11.6 Å². The maximum absolute atomic E-state index is 12.2. The first-order valence-corrected chi connectivity index (χ1v) is 6.62. The average Bonchev–Trinajstić information content (AvgIpc) is 2.48. The number of hydrogen-bond donors (Lipinski definition) is 1. The molecule has 1 amide bonds. The normalized spacial score (nSPS) is 9.76. The van der Waals surface area contributed by atoms with Crippen molar-refractivity contribution in [3.63, 3.8) is 0 Å². The van der Waals surface area contributed by atoms with E-state index in [-0.39, 0.29) is 12.3 Å². The summed E-state index contributed by atoms with van der Waals surface area (Å²) in [5, 5.41) is 11.9. The Kier molecular flexibility index (Phi) is 4.81. The number of nitriles is 1. The van der Waals surface area contributed by atoms with Crippen molar-refractivity contribution in [2.24, 2.45) is 0 Å². The highest BCUT2D eigenvalue weighted by molar-refractivity contribution is 6.32. The molecule has 0 fully saturated rings.